The molecule has 0 fully saturated rings. The lowest BCUT2D eigenvalue weighted by molar-refractivity contribution is -0.137. The van der Waals surface area contributed by atoms with Crippen molar-refractivity contribution in [3.63, 3.8) is 0 Å². The predicted octanol–water partition coefficient (Wildman–Crippen LogP) is 4.62. The van der Waals surface area contributed by atoms with Crippen LogP contribution < -0.4 is 5.32 Å². The highest BCUT2D eigenvalue weighted by molar-refractivity contribution is 7.10. The number of hydrogen-bond acceptors (Lipinski definition) is 4. The molecule has 0 saturated heterocycles. The highest BCUT2D eigenvalue weighted by Gasteiger charge is 2.32. The maximum atomic E-state index is 13.8. The molecule has 1 atom stereocenters. The minimum atomic E-state index is -0.212. The normalized spacial score (nSPS) is 15.8. The number of methoxy groups -OCH3 is 1. The molecule has 2 aromatic carbocycles. The number of rotatable bonds is 6. The van der Waals surface area contributed by atoms with Crippen molar-refractivity contribution in [2.24, 2.45) is 0 Å². The molecule has 1 aliphatic rings. The smallest absolute Gasteiger partial charge is 0.249 e. The summed E-state index contributed by atoms with van der Waals surface area (Å²) < 4.78 is 18.9. The fourth-order valence-corrected chi connectivity index (χ4v) is 4.68. The first kappa shape index (κ1) is 19.6. The van der Waals surface area contributed by atoms with E-state index in [4.69, 9.17) is 4.74 Å². The average Bonchev–Trinajstić information content (AvgIpc) is 3.22. The summed E-state index contributed by atoms with van der Waals surface area (Å²) >= 11 is 1.74. The second-order valence-corrected chi connectivity index (χ2v) is 8.04. The lowest BCUT2D eigenvalue weighted by Gasteiger charge is -2.36. The second kappa shape index (κ2) is 8.76. The lowest BCUT2D eigenvalue weighted by atomic mass is 9.93. The van der Waals surface area contributed by atoms with Crippen LogP contribution in [0.15, 0.2) is 60.0 Å². The monoisotopic (exact) mass is 410 g/mol. The summed E-state index contributed by atoms with van der Waals surface area (Å²) in [6, 6.07) is 16.8. The van der Waals surface area contributed by atoms with E-state index in [2.05, 4.69) is 16.8 Å². The Balaban J connectivity index is 1.54. The molecule has 2 heterocycles. The van der Waals surface area contributed by atoms with E-state index < -0.39 is 0 Å². The molecule has 4 rings (SSSR count). The number of nitrogens with zero attached hydrogens (tertiary/aromatic N) is 1. The van der Waals surface area contributed by atoms with Gasteiger partial charge in [0, 0.05) is 36.3 Å². The Morgan fingerprint density at radius 2 is 2.00 bits per heavy atom. The van der Waals surface area contributed by atoms with Crippen LogP contribution in [0.2, 0.25) is 0 Å². The number of carbonyl (C=O) groups excluding carboxylic acids is 1. The average molecular weight is 411 g/mol. The van der Waals surface area contributed by atoms with Crippen molar-refractivity contribution >= 4 is 22.9 Å². The summed E-state index contributed by atoms with van der Waals surface area (Å²) in [5.41, 5.74) is 3.79. The van der Waals surface area contributed by atoms with Gasteiger partial charge in [-0.3, -0.25) is 4.79 Å². The minimum Gasteiger partial charge on any atom is -0.381 e. The molecule has 1 amide bonds. The van der Waals surface area contributed by atoms with Crippen molar-refractivity contribution in [2.45, 2.75) is 19.0 Å². The van der Waals surface area contributed by atoms with Gasteiger partial charge in [0.05, 0.1) is 6.04 Å². The van der Waals surface area contributed by atoms with Crippen molar-refractivity contribution in [1.29, 1.82) is 0 Å². The lowest BCUT2D eigenvalue weighted by Crippen LogP contribution is -2.41. The molecule has 29 heavy (non-hydrogen) atoms. The Bertz CT molecular complexity index is 987. The van der Waals surface area contributed by atoms with Gasteiger partial charge in [-0.05, 0) is 47.2 Å². The fraction of sp³-hybridized carbons (Fsp3) is 0.261. The molecule has 0 bridgehead atoms. The van der Waals surface area contributed by atoms with E-state index in [1.165, 1.54) is 16.5 Å². The van der Waals surface area contributed by atoms with E-state index in [9.17, 15) is 9.18 Å². The van der Waals surface area contributed by atoms with Gasteiger partial charge in [-0.15, -0.1) is 11.3 Å². The SMILES string of the molecule is COCC(=O)N1CCc2sccc2[C@H]1c1ccc(NCc2ccccc2F)cc1. The van der Waals surface area contributed by atoms with Crippen molar-refractivity contribution < 1.29 is 13.9 Å². The molecular weight excluding hydrogens is 387 g/mol. The minimum absolute atomic E-state index is 0.00361. The summed E-state index contributed by atoms with van der Waals surface area (Å²) in [6.07, 6.45) is 0.876. The van der Waals surface area contributed by atoms with Crippen LogP contribution in [0.3, 0.4) is 0 Å². The third kappa shape index (κ3) is 4.18. The number of anilines is 1. The Labute approximate surface area is 173 Å². The van der Waals surface area contributed by atoms with Crippen LogP contribution in [-0.4, -0.2) is 31.1 Å². The Kier molecular flexibility index (Phi) is 5.92. The van der Waals surface area contributed by atoms with Crippen LogP contribution in [-0.2, 0) is 22.5 Å². The van der Waals surface area contributed by atoms with Gasteiger partial charge in [0.15, 0.2) is 0 Å². The second-order valence-electron chi connectivity index (χ2n) is 7.04. The number of benzene rings is 2. The Morgan fingerprint density at radius 1 is 1.21 bits per heavy atom. The number of amides is 1. The first-order valence-electron chi connectivity index (χ1n) is 9.59. The highest BCUT2D eigenvalue weighted by Crippen LogP contribution is 2.38. The van der Waals surface area contributed by atoms with Crippen molar-refractivity contribution in [3.05, 3.63) is 87.4 Å². The molecular formula is C23H23FN2O2S. The van der Waals surface area contributed by atoms with E-state index in [-0.39, 0.29) is 24.4 Å². The molecule has 0 saturated carbocycles. The van der Waals surface area contributed by atoms with Crippen molar-refractivity contribution in [1.82, 2.24) is 4.90 Å². The van der Waals surface area contributed by atoms with E-state index in [0.29, 0.717) is 18.7 Å². The van der Waals surface area contributed by atoms with Gasteiger partial charge in [-0.1, -0.05) is 30.3 Å². The van der Waals surface area contributed by atoms with E-state index in [0.717, 1.165) is 17.7 Å². The number of halogens is 1. The highest BCUT2D eigenvalue weighted by atomic mass is 32.1. The largest absolute Gasteiger partial charge is 0.381 e. The third-order valence-corrected chi connectivity index (χ3v) is 6.22. The summed E-state index contributed by atoms with van der Waals surface area (Å²) in [5, 5.41) is 5.35. The summed E-state index contributed by atoms with van der Waals surface area (Å²) in [4.78, 5) is 15.9. The molecule has 1 aromatic heterocycles. The third-order valence-electron chi connectivity index (χ3n) is 5.22. The molecule has 0 aliphatic carbocycles. The van der Waals surface area contributed by atoms with E-state index in [1.54, 1.807) is 30.6 Å². The number of fused-ring (bicyclic) bond motifs is 1. The van der Waals surface area contributed by atoms with Gasteiger partial charge in [-0.25, -0.2) is 4.39 Å². The topological polar surface area (TPSA) is 41.6 Å². The summed E-state index contributed by atoms with van der Waals surface area (Å²) in [6.45, 7) is 1.19. The van der Waals surface area contributed by atoms with Crippen molar-refractivity contribution in [3.8, 4) is 0 Å². The number of carbonyl (C=O) groups is 1. The molecule has 6 heteroatoms. The van der Waals surface area contributed by atoms with Crippen LogP contribution >= 0.6 is 11.3 Å². The van der Waals surface area contributed by atoms with Crippen LogP contribution in [0.1, 0.15) is 27.6 Å². The van der Waals surface area contributed by atoms with Gasteiger partial charge >= 0.3 is 0 Å². The zero-order chi connectivity index (χ0) is 20.2. The van der Waals surface area contributed by atoms with Gasteiger partial charge in [0.25, 0.3) is 0 Å². The molecule has 0 spiro atoms. The number of thiophene rings is 1. The zero-order valence-corrected chi connectivity index (χ0v) is 17.0. The van der Waals surface area contributed by atoms with Crippen LogP contribution in [0.5, 0.6) is 0 Å². The molecule has 4 nitrogen and oxygen atoms in total. The van der Waals surface area contributed by atoms with Gasteiger partial charge in [-0.2, -0.15) is 0 Å². The van der Waals surface area contributed by atoms with E-state index in [1.807, 2.05) is 35.2 Å². The molecule has 0 unspecified atom stereocenters. The molecule has 0 radical (unpaired) electrons. The number of ether oxygens (including phenoxy) is 1. The first-order chi connectivity index (χ1) is 14.2. The van der Waals surface area contributed by atoms with Crippen molar-refractivity contribution in [2.75, 3.05) is 25.6 Å². The standard InChI is InChI=1S/C23H23FN2O2S/c1-28-15-22(27)26-12-10-21-19(11-13-29-21)23(26)16-6-8-18(9-7-16)25-14-17-4-2-3-5-20(17)24/h2-9,11,13,23,25H,10,12,14-15H2,1H3/t23-/m1/s1. The summed E-state index contributed by atoms with van der Waals surface area (Å²) in [5.74, 6) is -0.216. The van der Waals surface area contributed by atoms with Gasteiger partial charge in [0.2, 0.25) is 5.91 Å². The van der Waals surface area contributed by atoms with Crippen LogP contribution in [0.25, 0.3) is 0 Å². The maximum Gasteiger partial charge on any atom is 0.249 e. The predicted molar refractivity (Wildman–Crippen MR) is 114 cm³/mol. The molecule has 1 aliphatic heterocycles. The number of nitrogens with one attached hydrogen (secondary N) is 1. The van der Waals surface area contributed by atoms with E-state index >= 15 is 0 Å². The Hall–Kier alpha value is -2.70. The van der Waals surface area contributed by atoms with Crippen LogP contribution in [0, 0.1) is 5.82 Å². The first-order valence-corrected chi connectivity index (χ1v) is 10.5. The number of hydrogen-bond donors (Lipinski definition) is 1. The zero-order valence-electron chi connectivity index (χ0n) is 16.2. The maximum absolute atomic E-state index is 13.8. The fourth-order valence-electron chi connectivity index (χ4n) is 3.77. The molecule has 3 aromatic rings. The Morgan fingerprint density at radius 3 is 2.76 bits per heavy atom. The van der Waals surface area contributed by atoms with Gasteiger partial charge in [0.1, 0.15) is 12.4 Å². The van der Waals surface area contributed by atoms with Crippen LogP contribution in [0.4, 0.5) is 10.1 Å². The quantitative estimate of drug-likeness (QED) is 0.645. The summed E-state index contributed by atoms with van der Waals surface area (Å²) in [7, 11) is 1.54. The van der Waals surface area contributed by atoms with Gasteiger partial charge < -0.3 is 15.0 Å². The molecule has 150 valence electrons. The molecule has 1 N–H and O–H groups in total.